The van der Waals surface area contributed by atoms with Gasteiger partial charge < -0.3 is 15.4 Å². The summed E-state index contributed by atoms with van der Waals surface area (Å²) < 4.78 is 5.78. The van der Waals surface area contributed by atoms with E-state index in [1.165, 1.54) is 6.54 Å². The van der Waals surface area contributed by atoms with Crippen molar-refractivity contribution in [3.8, 4) is 0 Å². The van der Waals surface area contributed by atoms with Gasteiger partial charge in [-0.1, -0.05) is 0 Å². The predicted molar refractivity (Wildman–Crippen MR) is 78.4 cm³/mol. The second-order valence-corrected chi connectivity index (χ2v) is 6.20. The van der Waals surface area contributed by atoms with Gasteiger partial charge in [-0.3, -0.25) is 9.80 Å². The van der Waals surface area contributed by atoms with E-state index < -0.39 is 0 Å². The maximum absolute atomic E-state index is 6.08. The molecule has 0 aromatic carbocycles. The van der Waals surface area contributed by atoms with Gasteiger partial charge in [-0.2, -0.15) is 0 Å². The molecule has 0 aliphatic carbocycles. The van der Waals surface area contributed by atoms with E-state index in [0.29, 0.717) is 6.54 Å². The van der Waals surface area contributed by atoms with Crippen LogP contribution in [-0.2, 0) is 4.74 Å². The van der Waals surface area contributed by atoms with E-state index >= 15 is 0 Å². The van der Waals surface area contributed by atoms with Crippen LogP contribution in [0.1, 0.15) is 13.3 Å². The first-order chi connectivity index (χ1) is 9.08. The van der Waals surface area contributed by atoms with Crippen LogP contribution in [0.2, 0.25) is 0 Å². The van der Waals surface area contributed by atoms with Crippen LogP contribution in [0.5, 0.6) is 0 Å². The topological polar surface area (TPSA) is 45.0 Å². The normalized spacial score (nSPS) is 34.3. The van der Waals surface area contributed by atoms with Gasteiger partial charge in [-0.15, -0.1) is 0 Å². The molecule has 0 radical (unpaired) electrons. The summed E-state index contributed by atoms with van der Waals surface area (Å²) in [7, 11) is 4.27. The summed E-state index contributed by atoms with van der Waals surface area (Å²) in [5.74, 6) is 0. The molecule has 2 heterocycles. The zero-order chi connectivity index (χ0) is 13.9. The Bertz CT molecular complexity index is 279. The highest BCUT2D eigenvalue weighted by atomic mass is 16.5. The molecule has 5 heteroatoms. The molecular weight excluding hydrogens is 240 g/mol. The zero-order valence-electron chi connectivity index (χ0n) is 12.8. The van der Waals surface area contributed by atoms with Crippen molar-refractivity contribution in [2.75, 3.05) is 66.5 Å². The summed E-state index contributed by atoms with van der Waals surface area (Å²) in [6.45, 7) is 10.6. The zero-order valence-corrected chi connectivity index (χ0v) is 12.8. The number of hydrogen-bond acceptors (Lipinski definition) is 5. The first-order valence-electron chi connectivity index (χ1n) is 7.52. The summed E-state index contributed by atoms with van der Waals surface area (Å²) in [5, 5.41) is 0. The van der Waals surface area contributed by atoms with Gasteiger partial charge in [0.2, 0.25) is 0 Å². The quantitative estimate of drug-likeness (QED) is 0.741. The minimum Gasteiger partial charge on any atom is -0.376 e. The van der Waals surface area contributed by atoms with E-state index in [1.54, 1.807) is 0 Å². The molecule has 2 unspecified atom stereocenters. The van der Waals surface area contributed by atoms with E-state index in [9.17, 15) is 0 Å². The first kappa shape index (κ1) is 15.2. The Morgan fingerprint density at radius 1 is 1.26 bits per heavy atom. The highest BCUT2D eigenvalue weighted by Crippen LogP contribution is 2.32. The number of likely N-dealkylation sites (N-methyl/N-ethyl adjacent to an activating group) is 1. The van der Waals surface area contributed by atoms with Crippen LogP contribution in [0.15, 0.2) is 0 Å². The minimum atomic E-state index is 0.0909. The second kappa shape index (κ2) is 6.50. The third kappa shape index (κ3) is 3.28. The molecule has 0 bridgehead atoms. The molecule has 0 saturated carbocycles. The van der Waals surface area contributed by atoms with Gasteiger partial charge in [0, 0.05) is 52.4 Å². The SMILES string of the molecule is CC1OCCC1(CN)N1CCN(CCN(C)C)CC1. The first-order valence-corrected chi connectivity index (χ1v) is 7.52. The van der Waals surface area contributed by atoms with Crippen LogP contribution in [-0.4, -0.2) is 92.9 Å². The Morgan fingerprint density at radius 3 is 2.42 bits per heavy atom. The van der Waals surface area contributed by atoms with Crippen molar-refractivity contribution in [3.63, 3.8) is 0 Å². The molecule has 2 rings (SSSR count). The summed E-state index contributed by atoms with van der Waals surface area (Å²) in [5.41, 5.74) is 6.17. The van der Waals surface area contributed by atoms with Gasteiger partial charge in [0.15, 0.2) is 0 Å². The average Bonchev–Trinajstić information content (AvgIpc) is 2.79. The van der Waals surface area contributed by atoms with Crippen LogP contribution in [0.4, 0.5) is 0 Å². The molecule has 112 valence electrons. The Hall–Kier alpha value is -0.200. The Labute approximate surface area is 117 Å². The van der Waals surface area contributed by atoms with Crippen LogP contribution < -0.4 is 5.73 Å². The number of rotatable bonds is 5. The van der Waals surface area contributed by atoms with E-state index in [2.05, 4.69) is 35.7 Å². The molecule has 0 aromatic heterocycles. The molecular formula is C14H30N4O. The number of hydrogen-bond donors (Lipinski definition) is 1. The van der Waals surface area contributed by atoms with Crippen molar-refractivity contribution in [2.24, 2.45) is 5.73 Å². The minimum absolute atomic E-state index is 0.0909. The summed E-state index contributed by atoms with van der Waals surface area (Å²) in [4.78, 5) is 7.39. The fraction of sp³-hybridized carbons (Fsp3) is 1.00. The Morgan fingerprint density at radius 2 is 1.95 bits per heavy atom. The molecule has 0 aromatic rings. The van der Waals surface area contributed by atoms with Crippen LogP contribution >= 0.6 is 0 Å². The van der Waals surface area contributed by atoms with Crippen molar-refractivity contribution >= 4 is 0 Å². The lowest BCUT2D eigenvalue weighted by Gasteiger charge is -2.47. The maximum atomic E-state index is 6.08. The molecule has 2 N–H and O–H groups in total. The van der Waals surface area contributed by atoms with Gasteiger partial charge in [0.1, 0.15) is 0 Å². The number of piperazine rings is 1. The average molecular weight is 270 g/mol. The van der Waals surface area contributed by atoms with Gasteiger partial charge >= 0.3 is 0 Å². The molecule has 2 aliphatic heterocycles. The molecule has 2 saturated heterocycles. The lowest BCUT2D eigenvalue weighted by Crippen LogP contribution is -2.63. The molecule has 2 fully saturated rings. The van der Waals surface area contributed by atoms with E-state index in [1.807, 2.05) is 0 Å². The number of ether oxygens (including phenoxy) is 1. The fourth-order valence-corrected chi connectivity index (χ4v) is 3.34. The van der Waals surface area contributed by atoms with Gasteiger partial charge in [-0.25, -0.2) is 0 Å². The number of nitrogens with two attached hydrogens (primary N) is 1. The fourth-order valence-electron chi connectivity index (χ4n) is 3.34. The number of nitrogens with zero attached hydrogens (tertiary/aromatic N) is 3. The van der Waals surface area contributed by atoms with Crippen molar-refractivity contribution in [3.05, 3.63) is 0 Å². The van der Waals surface area contributed by atoms with Gasteiger partial charge in [0.05, 0.1) is 11.6 Å². The third-order valence-electron chi connectivity index (χ3n) is 4.88. The van der Waals surface area contributed by atoms with Crippen LogP contribution in [0.25, 0.3) is 0 Å². The monoisotopic (exact) mass is 270 g/mol. The largest absolute Gasteiger partial charge is 0.376 e. The molecule has 5 nitrogen and oxygen atoms in total. The Balaban J connectivity index is 1.85. The van der Waals surface area contributed by atoms with Crippen molar-refractivity contribution < 1.29 is 4.74 Å². The van der Waals surface area contributed by atoms with Gasteiger partial charge in [-0.05, 0) is 27.4 Å². The van der Waals surface area contributed by atoms with Crippen LogP contribution in [0, 0.1) is 0 Å². The molecule has 19 heavy (non-hydrogen) atoms. The van der Waals surface area contributed by atoms with Crippen molar-refractivity contribution in [2.45, 2.75) is 25.0 Å². The molecule has 2 aliphatic rings. The van der Waals surface area contributed by atoms with Crippen LogP contribution in [0.3, 0.4) is 0 Å². The van der Waals surface area contributed by atoms with E-state index in [0.717, 1.165) is 45.8 Å². The molecule has 0 amide bonds. The van der Waals surface area contributed by atoms with Gasteiger partial charge in [0.25, 0.3) is 0 Å². The molecule has 2 atom stereocenters. The van der Waals surface area contributed by atoms with E-state index in [4.69, 9.17) is 10.5 Å². The predicted octanol–water partition coefficient (Wildman–Crippen LogP) is -0.328. The lowest BCUT2D eigenvalue weighted by atomic mass is 9.89. The smallest absolute Gasteiger partial charge is 0.0743 e. The second-order valence-electron chi connectivity index (χ2n) is 6.20. The maximum Gasteiger partial charge on any atom is 0.0743 e. The molecule has 0 spiro atoms. The highest BCUT2D eigenvalue weighted by molar-refractivity contribution is 5.01. The lowest BCUT2D eigenvalue weighted by molar-refractivity contribution is -0.0123. The van der Waals surface area contributed by atoms with Crippen molar-refractivity contribution in [1.82, 2.24) is 14.7 Å². The van der Waals surface area contributed by atoms with Crippen molar-refractivity contribution in [1.29, 1.82) is 0 Å². The summed E-state index contributed by atoms with van der Waals surface area (Å²) in [6.07, 6.45) is 1.35. The summed E-state index contributed by atoms with van der Waals surface area (Å²) >= 11 is 0. The van der Waals surface area contributed by atoms with E-state index in [-0.39, 0.29) is 11.6 Å². The third-order valence-corrected chi connectivity index (χ3v) is 4.88. The highest BCUT2D eigenvalue weighted by Gasteiger charge is 2.45. The Kier molecular flexibility index (Phi) is 5.20. The standard InChI is InChI=1S/C14H30N4O/c1-13-14(12-15,4-11-19-13)18-9-7-17(8-10-18)6-5-16(2)3/h13H,4-12,15H2,1-3H3. The summed E-state index contributed by atoms with van der Waals surface area (Å²) in [6, 6.07) is 0.